The average Bonchev–Trinajstić information content (AvgIpc) is 3.30. The van der Waals surface area contributed by atoms with Crippen molar-refractivity contribution in [2.24, 2.45) is 0 Å². The molecule has 0 spiro atoms. The second-order valence-corrected chi connectivity index (χ2v) is 6.20. The van der Waals surface area contributed by atoms with Gasteiger partial charge in [-0.15, -0.1) is 0 Å². The maximum absolute atomic E-state index is 13.5. The van der Waals surface area contributed by atoms with E-state index in [0.717, 1.165) is 5.69 Å². The highest BCUT2D eigenvalue weighted by molar-refractivity contribution is 5.92. The van der Waals surface area contributed by atoms with Crippen LogP contribution in [0.2, 0.25) is 0 Å². The molecule has 150 valence electrons. The monoisotopic (exact) mass is 404 g/mol. The third-order valence-electron chi connectivity index (χ3n) is 4.06. The van der Waals surface area contributed by atoms with Crippen LogP contribution < -0.4 is 15.4 Å². The highest BCUT2D eigenvalue weighted by Crippen LogP contribution is 2.19. The maximum Gasteiger partial charge on any atom is 0.262 e. The number of nitrogens with one attached hydrogen (secondary N) is 2. The van der Waals surface area contributed by atoms with Crippen LogP contribution in [0, 0.1) is 5.82 Å². The van der Waals surface area contributed by atoms with Crippen molar-refractivity contribution in [2.45, 2.75) is 0 Å². The summed E-state index contributed by atoms with van der Waals surface area (Å²) in [5.74, 6) is 0.431. The van der Waals surface area contributed by atoms with Crippen molar-refractivity contribution in [3.8, 4) is 11.6 Å². The molecule has 1 amide bonds. The molecule has 4 rings (SSSR count). The molecular formula is C21H17FN6O2. The maximum atomic E-state index is 13.5. The molecule has 0 saturated heterocycles. The van der Waals surface area contributed by atoms with Crippen LogP contribution >= 0.6 is 0 Å². The standard InChI is InChI=1S/C21H17FN6O2/c22-17-3-1-2-4-18(17)30-12-21(29)27-16-7-5-15(6-8-16)26-19-11-20(25-13-24-19)28-10-9-23-14-28/h1-11,13-14H,12H2,(H,27,29)(H,24,25,26). The number of rotatable bonds is 7. The molecule has 2 N–H and O–H groups in total. The minimum atomic E-state index is -0.512. The Hall–Kier alpha value is -4.27. The smallest absolute Gasteiger partial charge is 0.262 e. The van der Waals surface area contributed by atoms with Crippen molar-refractivity contribution in [1.82, 2.24) is 19.5 Å². The quantitative estimate of drug-likeness (QED) is 0.489. The predicted octanol–water partition coefficient (Wildman–Crippen LogP) is 3.56. The lowest BCUT2D eigenvalue weighted by atomic mass is 10.2. The molecule has 0 saturated carbocycles. The number of carbonyl (C=O) groups excluding carboxylic acids is 1. The summed E-state index contributed by atoms with van der Waals surface area (Å²) in [6.07, 6.45) is 6.57. The van der Waals surface area contributed by atoms with E-state index in [2.05, 4.69) is 25.6 Å². The largest absolute Gasteiger partial charge is 0.481 e. The van der Waals surface area contributed by atoms with E-state index in [1.807, 2.05) is 0 Å². The molecule has 2 aromatic carbocycles. The van der Waals surface area contributed by atoms with Crippen LogP contribution in [0.15, 0.2) is 79.6 Å². The number of carbonyl (C=O) groups is 1. The van der Waals surface area contributed by atoms with Gasteiger partial charge in [0.2, 0.25) is 0 Å². The van der Waals surface area contributed by atoms with Gasteiger partial charge in [-0.3, -0.25) is 9.36 Å². The summed E-state index contributed by atoms with van der Waals surface area (Å²) in [5.41, 5.74) is 1.37. The van der Waals surface area contributed by atoms with Crippen LogP contribution in [0.1, 0.15) is 0 Å². The molecule has 0 aliphatic rings. The summed E-state index contributed by atoms with van der Waals surface area (Å²) in [7, 11) is 0. The number of benzene rings is 2. The number of nitrogens with zero attached hydrogens (tertiary/aromatic N) is 4. The third-order valence-corrected chi connectivity index (χ3v) is 4.06. The molecule has 0 bridgehead atoms. The normalized spacial score (nSPS) is 10.4. The van der Waals surface area contributed by atoms with Crippen LogP contribution in [0.25, 0.3) is 5.82 Å². The van der Waals surface area contributed by atoms with Gasteiger partial charge in [-0.05, 0) is 36.4 Å². The fourth-order valence-electron chi connectivity index (χ4n) is 2.64. The zero-order valence-electron chi connectivity index (χ0n) is 15.7. The summed E-state index contributed by atoms with van der Waals surface area (Å²) in [4.78, 5) is 24.4. The topological polar surface area (TPSA) is 94.0 Å². The minimum Gasteiger partial charge on any atom is -0.481 e. The number of amides is 1. The fraction of sp³-hybridized carbons (Fsp3) is 0.0476. The van der Waals surface area contributed by atoms with Gasteiger partial charge in [-0.1, -0.05) is 12.1 Å². The van der Waals surface area contributed by atoms with Gasteiger partial charge in [-0.2, -0.15) is 0 Å². The van der Waals surface area contributed by atoms with Gasteiger partial charge in [0.15, 0.2) is 18.2 Å². The van der Waals surface area contributed by atoms with E-state index >= 15 is 0 Å². The van der Waals surface area contributed by atoms with Crippen LogP contribution in [-0.2, 0) is 4.79 Å². The van der Waals surface area contributed by atoms with Gasteiger partial charge >= 0.3 is 0 Å². The van der Waals surface area contributed by atoms with Crippen LogP contribution in [0.3, 0.4) is 0 Å². The fourth-order valence-corrected chi connectivity index (χ4v) is 2.64. The molecule has 0 fully saturated rings. The van der Waals surface area contributed by atoms with Crippen LogP contribution in [0.5, 0.6) is 5.75 Å². The molecule has 2 heterocycles. The van der Waals surface area contributed by atoms with E-state index in [-0.39, 0.29) is 18.3 Å². The van der Waals surface area contributed by atoms with Gasteiger partial charge in [-0.25, -0.2) is 19.3 Å². The first-order valence-corrected chi connectivity index (χ1v) is 9.02. The second kappa shape index (κ2) is 8.82. The van der Waals surface area contributed by atoms with Gasteiger partial charge in [0.25, 0.3) is 5.91 Å². The zero-order valence-corrected chi connectivity index (χ0v) is 15.7. The van der Waals surface area contributed by atoms with Gasteiger partial charge in [0.1, 0.15) is 24.3 Å². The summed E-state index contributed by atoms with van der Waals surface area (Å²) in [6, 6.07) is 14.8. The van der Waals surface area contributed by atoms with Crippen molar-refractivity contribution in [1.29, 1.82) is 0 Å². The first kappa shape index (κ1) is 19.1. The Morgan fingerprint density at radius 2 is 1.87 bits per heavy atom. The summed E-state index contributed by atoms with van der Waals surface area (Å²) >= 11 is 0. The number of hydrogen-bond donors (Lipinski definition) is 2. The Morgan fingerprint density at radius 3 is 2.63 bits per heavy atom. The number of anilines is 3. The Labute approximate surface area is 171 Å². The SMILES string of the molecule is O=C(COc1ccccc1F)Nc1ccc(Nc2cc(-n3ccnc3)ncn2)cc1. The Kier molecular flexibility index (Phi) is 5.61. The van der Waals surface area contributed by atoms with E-state index in [0.29, 0.717) is 17.3 Å². The number of para-hydroxylation sites is 1. The van der Waals surface area contributed by atoms with Crippen molar-refractivity contribution in [3.63, 3.8) is 0 Å². The van der Waals surface area contributed by atoms with E-state index in [1.54, 1.807) is 65.8 Å². The van der Waals surface area contributed by atoms with E-state index in [1.165, 1.54) is 18.5 Å². The van der Waals surface area contributed by atoms with E-state index in [9.17, 15) is 9.18 Å². The number of ether oxygens (including phenoxy) is 1. The zero-order chi connectivity index (χ0) is 20.8. The van der Waals surface area contributed by atoms with Crippen LogP contribution in [-0.4, -0.2) is 32.0 Å². The summed E-state index contributed by atoms with van der Waals surface area (Å²) < 4.78 is 20.5. The van der Waals surface area contributed by atoms with Crippen molar-refractivity contribution >= 4 is 23.1 Å². The average molecular weight is 404 g/mol. The first-order chi connectivity index (χ1) is 14.7. The number of halogens is 1. The highest BCUT2D eigenvalue weighted by atomic mass is 19.1. The molecule has 0 radical (unpaired) electrons. The van der Waals surface area contributed by atoms with Gasteiger partial charge < -0.3 is 15.4 Å². The molecule has 2 aromatic heterocycles. The van der Waals surface area contributed by atoms with Gasteiger partial charge in [0.05, 0.1) is 0 Å². The first-order valence-electron chi connectivity index (χ1n) is 9.02. The number of hydrogen-bond acceptors (Lipinski definition) is 6. The molecule has 0 atom stereocenters. The highest BCUT2D eigenvalue weighted by Gasteiger charge is 2.07. The molecule has 0 aliphatic carbocycles. The molecule has 30 heavy (non-hydrogen) atoms. The Morgan fingerprint density at radius 1 is 1.07 bits per heavy atom. The van der Waals surface area contributed by atoms with Crippen molar-refractivity contribution in [3.05, 3.63) is 85.5 Å². The molecular weight excluding hydrogens is 387 g/mol. The third kappa shape index (κ3) is 4.76. The van der Waals surface area contributed by atoms with Crippen molar-refractivity contribution < 1.29 is 13.9 Å². The minimum absolute atomic E-state index is 0.0344. The van der Waals surface area contributed by atoms with E-state index < -0.39 is 5.82 Å². The molecule has 4 aromatic rings. The molecule has 9 heteroatoms. The lowest BCUT2D eigenvalue weighted by molar-refractivity contribution is -0.118. The molecule has 0 aliphatic heterocycles. The Bertz CT molecular complexity index is 1130. The lowest BCUT2D eigenvalue weighted by Gasteiger charge is -2.10. The number of aromatic nitrogens is 4. The van der Waals surface area contributed by atoms with Gasteiger partial charge in [0, 0.05) is 29.8 Å². The molecule has 0 unspecified atom stereocenters. The summed E-state index contributed by atoms with van der Waals surface area (Å²) in [5, 5.41) is 5.88. The van der Waals surface area contributed by atoms with Crippen molar-refractivity contribution in [2.75, 3.05) is 17.2 Å². The van der Waals surface area contributed by atoms with Crippen LogP contribution in [0.4, 0.5) is 21.6 Å². The number of imidazole rings is 1. The molecule has 8 nitrogen and oxygen atoms in total. The van der Waals surface area contributed by atoms with E-state index in [4.69, 9.17) is 4.74 Å². The Balaban J connectivity index is 1.33. The lowest BCUT2D eigenvalue weighted by Crippen LogP contribution is -2.20. The predicted molar refractivity (Wildman–Crippen MR) is 109 cm³/mol. The second-order valence-electron chi connectivity index (χ2n) is 6.20. The summed E-state index contributed by atoms with van der Waals surface area (Å²) in [6.45, 7) is -0.293.